The number of halogens is 1. The van der Waals surface area contributed by atoms with Crippen molar-refractivity contribution in [3.8, 4) is 0 Å². The maximum Gasteiger partial charge on any atom is 0.243 e. The zero-order chi connectivity index (χ0) is 21.7. The van der Waals surface area contributed by atoms with Crippen molar-refractivity contribution in [1.29, 1.82) is 0 Å². The fraction of sp³-hybridized carbons (Fsp3) is 0.409. The van der Waals surface area contributed by atoms with Gasteiger partial charge in [0.2, 0.25) is 15.9 Å². The first-order chi connectivity index (χ1) is 14.3. The molecule has 2 atom stereocenters. The highest BCUT2D eigenvalue weighted by atomic mass is 35.5. The molecule has 1 aliphatic rings. The van der Waals surface area contributed by atoms with E-state index in [0.717, 1.165) is 0 Å². The molecule has 2 aromatic rings. The predicted octanol–water partition coefficient (Wildman–Crippen LogP) is 2.95. The second-order valence-corrected chi connectivity index (χ2v) is 10.0. The monoisotopic (exact) mass is 449 g/mol. The number of piperazine rings is 1. The van der Waals surface area contributed by atoms with Crippen molar-refractivity contribution in [2.45, 2.75) is 30.7 Å². The lowest BCUT2D eigenvalue weighted by molar-refractivity contribution is -0.126. The zero-order valence-electron chi connectivity index (χ0n) is 17.3. The van der Waals surface area contributed by atoms with E-state index in [0.29, 0.717) is 37.7 Å². The van der Waals surface area contributed by atoms with Crippen LogP contribution in [0.3, 0.4) is 0 Å². The summed E-state index contributed by atoms with van der Waals surface area (Å²) in [5.74, 6) is 0.190. The normalized spacial score (nSPS) is 18.0. The average Bonchev–Trinajstić information content (AvgIpc) is 2.77. The number of carbonyl (C=O) groups is 1. The average molecular weight is 450 g/mol. The number of hydrogen-bond acceptors (Lipinski definition) is 4. The molecule has 1 saturated heterocycles. The van der Waals surface area contributed by atoms with Gasteiger partial charge in [-0.15, -0.1) is 0 Å². The number of hydrogen-bond donors (Lipinski definition) is 1. The van der Waals surface area contributed by atoms with Gasteiger partial charge in [0, 0.05) is 37.7 Å². The SMILES string of the molecule is C[C@H](CNC(=O)[C@@H](C)N1CCN(S(=O)(=O)c2ccc(Cl)cc2)CC1)c1ccccc1. The van der Waals surface area contributed by atoms with Crippen molar-refractivity contribution in [3.63, 3.8) is 0 Å². The van der Waals surface area contributed by atoms with E-state index in [1.54, 1.807) is 12.1 Å². The van der Waals surface area contributed by atoms with Crippen LogP contribution in [0.25, 0.3) is 0 Å². The Balaban J connectivity index is 1.51. The van der Waals surface area contributed by atoms with Gasteiger partial charge in [0.1, 0.15) is 0 Å². The second kappa shape index (κ2) is 9.92. The molecule has 3 rings (SSSR count). The van der Waals surface area contributed by atoms with Gasteiger partial charge in [-0.05, 0) is 42.7 Å². The van der Waals surface area contributed by atoms with Crippen molar-refractivity contribution in [2.24, 2.45) is 0 Å². The minimum Gasteiger partial charge on any atom is -0.354 e. The lowest BCUT2D eigenvalue weighted by Gasteiger charge is -2.36. The Morgan fingerprint density at radius 3 is 2.20 bits per heavy atom. The van der Waals surface area contributed by atoms with Crippen molar-refractivity contribution in [3.05, 3.63) is 65.2 Å². The van der Waals surface area contributed by atoms with Gasteiger partial charge in [0.05, 0.1) is 10.9 Å². The van der Waals surface area contributed by atoms with Gasteiger partial charge in [0.25, 0.3) is 0 Å². The topological polar surface area (TPSA) is 69.7 Å². The van der Waals surface area contributed by atoms with Gasteiger partial charge in [-0.3, -0.25) is 9.69 Å². The molecular formula is C22H28ClN3O3S. The van der Waals surface area contributed by atoms with E-state index in [9.17, 15) is 13.2 Å². The highest BCUT2D eigenvalue weighted by Gasteiger charge is 2.31. The molecular weight excluding hydrogens is 422 g/mol. The summed E-state index contributed by atoms with van der Waals surface area (Å²) in [6, 6.07) is 16.0. The lowest BCUT2D eigenvalue weighted by Crippen LogP contribution is -2.55. The summed E-state index contributed by atoms with van der Waals surface area (Å²) in [4.78, 5) is 14.9. The molecule has 0 unspecified atom stereocenters. The summed E-state index contributed by atoms with van der Waals surface area (Å²) in [6.07, 6.45) is 0. The van der Waals surface area contributed by atoms with Crippen LogP contribution in [0.1, 0.15) is 25.3 Å². The molecule has 2 aromatic carbocycles. The van der Waals surface area contributed by atoms with E-state index in [1.807, 2.05) is 30.0 Å². The molecule has 0 aromatic heterocycles. The van der Waals surface area contributed by atoms with Crippen molar-refractivity contribution in [2.75, 3.05) is 32.7 Å². The molecule has 162 valence electrons. The maximum atomic E-state index is 12.8. The highest BCUT2D eigenvalue weighted by molar-refractivity contribution is 7.89. The Hall–Kier alpha value is -1.93. The van der Waals surface area contributed by atoms with Gasteiger partial charge in [0.15, 0.2) is 0 Å². The lowest BCUT2D eigenvalue weighted by atomic mass is 10.0. The Morgan fingerprint density at radius 1 is 1.00 bits per heavy atom. The standard InChI is InChI=1S/C22H28ClN3O3S/c1-17(19-6-4-3-5-7-19)16-24-22(27)18(2)25-12-14-26(15-13-25)30(28,29)21-10-8-20(23)9-11-21/h3-11,17-18H,12-16H2,1-2H3,(H,24,27)/t17-,18-/m1/s1. The van der Waals surface area contributed by atoms with E-state index in [4.69, 9.17) is 11.6 Å². The first-order valence-electron chi connectivity index (χ1n) is 10.1. The molecule has 1 aliphatic heterocycles. The van der Waals surface area contributed by atoms with Gasteiger partial charge in [-0.2, -0.15) is 4.31 Å². The third-order valence-corrected chi connectivity index (χ3v) is 7.77. The number of amides is 1. The predicted molar refractivity (Wildman–Crippen MR) is 119 cm³/mol. The molecule has 0 radical (unpaired) electrons. The molecule has 1 amide bonds. The van der Waals surface area contributed by atoms with E-state index >= 15 is 0 Å². The van der Waals surface area contributed by atoms with Crippen LogP contribution in [0, 0.1) is 0 Å². The Morgan fingerprint density at radius 2 is 1.60 bits per heavy atom. The largest absolute Gasteiger partial charge is 0.354 e. The molecule has 0 saturated carbocycles. The second-order valence-electron chi connectivity index (χ2n) is 7.63. The molecule has 30 heavy (non-hydrogen) atoms. The van der Waals surface area contributed by atoms with Gasteiger partial charge < -0.3 is 5.32 Å². The van der Waals surface area contributed by atoms with E-state index in [-0.39, 0.29) is 22.8 Å². The van der Waals surface area contributed by atoms with Crippen LogP contribution >= 0.6 is 11.6 Å². The molecule has 0 aliphatic carbocycles. The molecule has 0 spiro atoms. The summed E-state index contributed by atoms with van der Waals surface area (Å²) < 4.78 is 27.1. The molecule has 1 N–H and O–H groups in total. The van der Waals surface area contributed by atoms with E-state index in [1.165, 1.54) is 22.0 Å². The number of nitrogens with one attached hydrogen (secondary N) is 1. The van der Waals surface area contributed by atoms with Gasteiger partial charge in [-0.25, -0.2) is 8.42 Å². The van der Waals surface area contributed by atoms with Gasteiger partial charge in [-0.1, -0.05) is 48.9 Å². The van der Waals surface area contributed by atoms with Crippen LogP contribution in [0.2, 0.25) is 5.02 Å². The zero-order valence-corrected chi connectivity index (χ0v) is 18.9. The van der Waals surface area contributed by atoms with Crippen molar-refractivity contribution >= 4 is 27.5 Å². The number of benzene rings is 2. The van der Waals surface area contributed by atoms with Crippen LogP contribution in [0.5, 0.6) is 0 Å². The van der Waals surface area contributed by atoms with Crippen LogP contribution in [0.4, 0.5) is 0 Å². The van der Waals surface area contributed by atoms with Crippen LogP contribution in [-0.2, 0) is 14.8 Å². The van der Waals surface area contributed by atoms with Crippen LogP contribution < -0.4 is 5.32 Å². The number of carbonyl (C=O) groups excluding carboxylic acids is 1. The Labute approximate surface area is 183 Å². The first-order valence-corrected chi connectivity index (χ1v) is 11.9. The molecule has 1 fully saturated rings. The molecule has 8 heteroatoms. The highest BCUT2D eigenvalue weighted by Crippen LogP contribution is 2.20. The number of nitrogens with zero attached hydrogens (tertiary/aromatic N) is 2. The van der Waals surface area contributed by atoms with Crippen LogP contribution in [0.15, 0.2) is 59.5 Å². The molecule has 1 heterocycles. The van der Waals surface area contributed by atoms with E-state index in [2.05, 4.69) is 24.4 Å². The van der Waals surface area contributed by atoms with Crippen LogP contribution in [-0.4, -0.2) is 62.3 Å². The summed E-state index contributed by atoms with van der Waals surface area (Å²) in [5, 5.41) is 3.53. The van der Waals surface area contributed by atoms with Crippen molar-refractivity contribution < 1.29 is 13.2 Å². The number of rotatable bonds is 7. The fourth-order valence-corrected chi connectivity index (χ4v) is 5.10. The quantitative estimate of drug-likeness (QED) is 0.705. The minimum atomic E-state index is -3.55. The number of sulfonamides is 1. The third kappa shape index (κ3) is 5.40. The Kier molecular flexibility index (Phi) is 7.52. The summed E-state index contributed by atoms with van der Waals surface area (Å²) in [5.41, 5.74) is 1.19. The molecule has 0 bridgehead atoms. The first kappa shape index (κ1) is 22.7. The smallest absolute Gasteiger partial charge is 0.243 e. The Bertz CT molecular complexity index is 943. The summed E-state index contributed by atoms with van der Waals surface area (Å²) in [6.45, 7) is 6.24. The molecule has 6 nitrogen and oxygen atoms in total. The summed E-state index contributed by atoms with van der Waals surface area (Å²) >= 11 is 5.86. The van der Waals surface area contributed by atoms with Crippen molar-refractivity contribution in [1.82, 2.24) is 14.5 Å². The van der Waals surface area contributed by atoms with E-state index < -0.39 is 10.0 Å². The minimum absolute atomic E-state index is 0.0354. The summed E-state index contributed by atoms with van der Waals surface area (Å²) in [7, 11) is -3.55. The maximum absolute atomic E-state index is 12.8. The fourth-order valence-electron chi connectivity index (χ4n) is 3.55. The van der Waals surface area contributed by atoms with Gasteiger partial charge >= 0.3 is 0 Å². The third-order valence-electron chi connectivity index (χ3n) is 5.60.